The zero-order valence-corrected chi connectivity index (χ0v) is 14.0. The molecule has 1 aromatic rings. The van der Waals surface area contributed by atoms with Crippen LogP contribution in [-0.2, 0) is 6.42 Å². The maximum atomic E-state index is 14.3. The molecule has 0 radical (unpaired) electrons. The maximum absolute atomic E-state index is 14.3. The van der Waals surface area contributed by atoms with Gasteiger partial charge in [-0.2, -0.15) is 8.78 Å². The van der Waals surface area contributed by atoms with E-state index in [2.05, 4.69) is 6.92 Å². The number of hydrogen-bond donors (Lipinski definition) is 0. The molecule has 1 aromatic carbocycles. The molecule has 0 spiro atoms. The van der Waals surface area contributed by atoms with Gasteiger partial charge in [0.15, 0.2) is 11.5 Å². The monoisotopic (exact) mass is 324 g/mol. The summed E-state index contributed by atoms with van der Waals surface area (Å²) in [6.07, 6.45) is 7.60. The summed E-state index contributed by atoms with van der Waals surface area (Å²) in [7, 11) is 0. The van der Waals surface area contributed by atoms with E-state index in [0.717, 1.165) is 37.2 Å². The van der Waals surface area contributed by atoms with Crippen molar-refractivity contribution in [2.45, 2.75) is 64.9 Å². The van der Waals surface area contributed by atoms with Crippen LogP contribution in [0.2, 0.25) is 0 Å². The molecule has 1 unspecified atom stereocenters. The Morgan fingerprint density at radius 2 is 1.83 bits per heavy atom. The minimum atomic E-state index is -0.930. The van der Waals surface area contributed by atoms with Crippen LogP contribution in [0.25, 0.3) is 0 Å². The minimum absolute atomic E-state index is 0.00532. The van der Waals surface area contributed by atoms with Crippen LogP contribution in [-0.4, -0.2) is 12.7 Å². The van der Waals surface area contributed by atoms with E-state index in [1.165, 1.54) is 19.3 Å². The number of ether oxygens (including phenoxy) is 2. The summed E-state index contributed by atoms with van der Waals surface area (Å²) >= 11 is 0. The van der Waals surface area contributed by atoms with Crippen LogP contribution in [0.4, 0.5) is 8.78 Å². The number of rotatable bonds is 4. The van der Waals surface area contributed by atoms with Crippen LogP contribution in [0.3, 0.4) is 0 Å². The first-order valence-electron chi connectivity index (χ1n) is 8.94. The second-order valence-electron chi connectivity index (χ2n) is 6.81. The molecule has 4 heteroatoms. The summed E-state index contributed by atoms with van der Waals surface area (Å²) in [6, 6.07) is 1.60. The van der Waals surface area contributed by atoms with Gasteiger partial charge in [0.25, 0.3) is 0 Å². The predicted molar refractivity (Wildman–Crippen MR) is 86.0 cm³/mol. The summed E-state index contributed by atoms with van der Waals surface area (Å²) in [6.45, 7) is 4.32. The van der Waals surface area contributed by atoms with Gasteiger partial charge in [-0.1, -0.05) is 26.2 Å². The van der Waals surface area contributed by atoms with Gasteiger partial charge < -0.3 is 9.47 Å². The van der Waals surface area contributed by atoms with Gasteiger partial charge in [0.05, 0.1) is 6.61 Å². The summed E-state index contributed by atoms with van der Waals surface area (Å²) in [4.78, 5) is 0. The van der Waals surface area contributed by atoms with E-state index < -0.39 is 11.6 Å². The average molecular weight is 324 g/mol. The lowest BCUT2D eigenvalue weighted by atomic mass is 9.77. The molecule has 0 amide bonds. The molecule has 1 saturated carbocycles. The summed E-state index contributed by atoms with van der Waals surface area (Å²) < 4.78 is 39.5. The molecule has 3 rings (SSSR count). The maximum Gasteiger partial charge on any atom is 0.204 e. The Labute approximate surface area is 137 Å². The van der Waals surface area contributed by atoms with E-state index in [1.54, 1.807) is 13.0 Å². The number of aryl methyl sites for hydroxylation is 1. The van der Waals surface area contributed by atoms with Gasteiger partial charge in [-0.05, 0) is 50.5 Å². The van der Waals surface area contributed by atoms with Crippen LogP contribution in [0.5, 0.6) is 11.5 Å². The van der Waals surface area contributed by atoms with Crippen LogP contribution in [0, 0.1) is 23.5 Å². The Morgan fingerprint density at radius 3 is 2.48 bits per heavy atom. The number of fused-ring (bicyclic) bond motifs is 1. The average Bonchev–Trinajstić information content (AvgIpc) is 2.59. The molecule has 0 aromatic heterocycles. The second kappa shape index (κ2) is 7.06. The highest BCUT2D eigenvalue weighted by atomic mass is 19.2. The molecule has 1 fully saturated rings. The van der Waals surface area contributed by atoms with E-state index >= 15 is 0 Å². The fourth-order valence-electron chi connectivity index (χ4n) is 4.02. The standard InChI is InChI=1S/C19H26F2O2/c1-3-12-5-7-13(8-6-12)15-10-9-14-11-16(22-4-2)17(20)18(21)19(14)23-15/h11-13,15H,3-10H2,1-2H3. The van der Waals surface area contributed by atoms with Crippen molar-refractivity contribution in [2.24, 2.45) is 11.8 Å². The van der Waals surface area contributed by atoms with Crippen molar-refractivity contribution in [3.63, 3.8) is 0 Å². The molecule has 0 saturated heterocycles. The summed E-state index contributed by atoms with van der Waals surface area (Å²) in [5.41, 5.74) is 0.728. The van der Waals surface area contributed by atoms with Gasteiger partial charge in [0.2, 0.25) is 11.6 Å². The van der Waals surface area contributed by atoms with Crippen LogP contribution >= 0.6 is 0 Å². The van der Waals surface area contributed by atoms with Crippen molar-refractivity contribution in [2.75, 3.05) is 6.61 Å². The Bertz CT molecular complexity index is 551. The molecule has 23 heavy (non-hydrogen) atoms. The topological polar surface area (TPSA) is 18.5 Å². The highest BCUT2D eigenvalue weighted by Gasteiger charge is 2.33. The normalized spacial score (nSPS) is 27.2. The molecule has 1 aliphatic heterocycles. The molecule has 0 bridgehead atoms. The lowest BCUT2D eigenvalue weighted by Crippen LogP contribution is -2.34. The number of halogens is 2. The lowest BCUT2D eigenvalue weighted by molar-refractivity contribution is 0.0713. The van der Waals surface area contributed by atoms with Gasteiger partial charge in [-0.25, -0.2) is 0 Å². The van der Waals surface area contributed by atoms with Crippen molar-refractivity contribution < 1.29 is 18.3 Å². The molecule has 2 nitrogen and oxygen atoms in total. The first kappa shape index (κ1) is 16.5. The van der Waals surface area contributed by atoms with E-state index in [-0.39, 0.29) is 17.6 Å². The Hall–Kier alpha value is -1.32. The van der Waals surface area contributed by atoms with Crippen molar-refractivity contribution in [1.29, 1.82) is 0 Å². The highest BCUT2D eigenvalue weighted by Crippen LogP contribution is 2.41. The molecule has 1 atom stereocenters. The molecule has 128 valence electrons. The number of benzene rings is 1. The first-order chi connectivity index (χ1) is 11.1. The lowest BCUT2D eigenvalue weighted by Gasteiger charge is -2.36. The summed E-state index contributed by atoms with van der Waals surface area (Å²) in [5, 5.41) is 0. The van der Waals surface area contributed by atoms with Crippen LogP contribution < -0.4 is 9.47 Å². The Kier molecular flexibility index (Phi) is 5.08. The molecule has 1 aliphatic carbocycles. The van der Waals surface area contributed by atoms with Gasteiger partial charge >= 0.3 is 0 Å². The Morgan fingerprint density at radius 1 is 1.09 bits per heavy atom. The SMILES string of the molecule is CCOc1cc2c(c(F)c1F)OC(C1CCC(CC)CC1)CC2. The van der Waals surface area contributed by atoms with Gasteiger partial charge in [-0.3, -0.25) is 0 Å². The van der Waals surface area contributed by atoms with E-state index in [9.17, 15) is 8.78 Å². The van der Waals surface area contributed by atoms with Gasteiger partial charge in [-0.15, -0.1) is 0 Å². The fraction of sp³-hybridized carbons (Fsp3) is 0.684. The zero-order valence-electron chi connectivity index (χ0n) is 14.0. The Balaban J connectivity index is 1.75. The minimum Gasteiger partial charge on any atom is -0.491 e. The van der Waals surface area contributed by atoms with E-state index in [4.69, 9.17) is 9.47 Å². The van der Waals surface area contributed by atoms with Crippen LogP contribution in [0.1, 0.15) is 57.9 Å². The van der Waals surface area contributed by atoms with Crippen molar-refractivity contribution in [1.82, 2.24) is 0 Å². The van der Waals surface area contributed by atoms with Gasteiger partial charge in [0, 0.05) is 5.56 Å². The van der Waals surface area contributed by atoms with Crippen LogP contribution in [0.15, 0.2) is 6.07 Å². The van der Waals surface area contributed by atoms with Crippen molar-refractivity contribution in [3.05, 3.63) is 23.3 Å². The predicted octanol–water partition coefficient (Wildman–Crippen LogP) is 5.27. The van der Waals surface area contributed by atoms with E-state index in [1.807, 2.05) is 0 Å². The third-order valence-corrected chi connectivity index (χ3v) is 5.47. The highest BCUT2D eigenvalue weighted by molar-refractivity contribution is 5.44. The third-order valence-electron chi connectivity index (χ3n) is 5.47. The third kappa shape index (κ3) is 3.31. The van der Waals surface area contributed by atoms with Crippen molar-refractivity contribution in [3.8, 4) is 11.5 Å². The van der Waals surface area contributed by atoms with Crippen molar-refractivity contribution >= 4 is 0 Å². The smallest absolute Gasteiger partial charge is 0.204 e. The number of hydrogen-bond acceptors (Lipinski definition) is 2. The molecule has 0 N–H and O–H groups in total. The summed E-state index contributed by atoms with van der Waals surface area (Å²) in [5.74, 6) is -0.419. The quantitative estimate of drug-likeness (QED) is 0.751. The largest absolute Gasteiger partial charge is 0.491 e. The first-order valence-corrected chi connectivity index (χ1v) is 8.94. The van der Waals surface area contributed by atoms with E-state index in [0.29, 0.717) is 12.5 Å². The zero-order chi connectivity index (χ0) is 16.4. The fourth-order valence-corrected chi connectivity index (χ4v) is 4.02. The molecular weight excluding hydrogens is 298 g/mol. The molecule has 1 heterocycles. The molecule has 2 aliphatic rings. The van der Waals surface area contributed by atoms with Gasteiger partial charge in [0.1, 0.15) is 6.10 Å². The second-order valence-corrected chi connectivity index (χ2v) is 6.81. The molecular formula is C19H26F2O2.